The molecule has 1 amide bonds. The summed E-state index contributed by atoms with van der Waals surface area (Å²) in [6.45, 7) is 4.81. The van der Waals surface area contributed by atoms with Crippen molar-refractivity contribution in [3.63, 3.8) is 0 Å². The van der Waals surface area contributed by atoms with E-state index in [0.717, 1.165) is 37.2 Å². The van der Waals surface area contributed by atoms with Crippen LogP contribution in [0.1, 0.15) is 40.4 Å². The molecule has 0 aliphatic carbocycles. The zero-order chi connectivity index (χ0) is 18.7. The largest absolute Gasteiger partial charge is 0.333 e. The molecule has 6 rings (SSSR count). The Labute approximate surface area is 158 Å². The van der Waals surface area contributed by atoms with E-state index in [1.54, 1.807) is 4.68 Å². The van der Waals surface area contributed by atoms with Crippen molar-refractivity contribution in [3.8, 4) is 0 Å². The van der Waals surface area contributed by atoms with Crippen LogP contribution in [0, 0.1) is 18.7 Å². The third kappa shape index (κ3) is 2.61. The number of amides is 1. The monoisotopic (exact) mass is 368 g/mol. The molecule has 0 radical (unpaired) electrons. The first-order valence-electron chi connectivity index (χ1n) is 9.83. The molecule has 142 valence electrons. The number of aromatic nitrogens is 2. The maximum atomic E-state index is 13.4. The van der Waals surface area contributed by atoms with Crippen molar-refractivity contribution in [2.24, 2.45) is 13.0 Å². The molecule has 5 heterocycles. The van der Waals surface area contributed by atoms with Crippen LogP contribution in [0.2, 0.25) is 0 Å². The van der Waals surface area contributed by atoms with Crippen molar-refractivity contribution in [3.05, 3.63) is 53.1 Å². The van der Waals surface area contributed by atoms with Gasteiger partial charge < -0.3 is 4.90 Å². The molecule has 3 atom stereocenters. The second-order valence-electron chi connectivity index (χ2n) is 8.27. The van der Waals surface area contributed by atoms with Gasteiger partial charge >= 0.3 is 0 Å². The average molecular weight is 368 g/mol. The van der Waals surface area contributed by atoms with Crippen LogP contribution >= 0.6 is 0 Å². The minimum atomic E-state index is -0.210. The van der Waals surface area contributed by atoms with Gasteiger partial charge in [-0.25, -0.2) is 4.39 Å². The number of hydrogen-bond donors (Lipinski definition) is 0. The third-order valence-electron chi connectivity index (χ3n) is 6.80. The maximum Gasteiger partial charge on any atom is 0.257 e. The number of piperidine rings is 3. The molecule has 6 heteroatoms. The molecule has 0 spiro atoms. The number of aryl methyl sites for hydroxylation is 2. The van der Waals surface area contributed by atoms with Gasteiger partial charge in [0.05, 0.1) is 17.3 Å². The minimum absolute atomic E-state index is 0.0916. The Morgan fingerprint density at radius 3 is 2.48 bits per heavy atom. The number of likely N-dealkylation sites (tertiary alicyclic amines) is 1. The van der Waals surface area contributed by atoms with Gasteiger partial charge in [0.15, 0.2) is 0 Å². The predicted molar refractivity (Wildman–Crippen MR) is 100.0 cm³/mol. The molecular weight excluding hydrogens is 343 g/mol. The highest BCUT2D eigenvalue weighted by Gasteiger charge is 2.54. The van der Waals surface area contributed by atoms with Crippen LogP contribution in [-0.2, 0) is 7.05 Å². The highest BCUT2D eigenvalue weighted by atomic mass is 19.1. The SMILES string of the molecule is Cc1nn(C)cc1C(=O)N1C[C@@H](c2ccc(F)cc2)[C@@H]2[C@H]1C1CCN2CC1. The van der Waals surface area contributed by atoms with Crippen LogP contribution in [-0.4, -0.2) is 57.2 Å². The van der Waals surface area contributed by atoms with Gasteiger partial charge in [0, 0.05) is 31.7 Å². The molecule has 1 aromatic heterocycles. The molecule has 2 bridgehead atoms. The highest BCUT2D eigenvalue weighted by Crippen LogP contribution is 2.47. The van der Waals surface area contributed by atoms with E-state index >= 15 is 0 Å². The first-order chi connectivity index (χ1) is 13.0. The van der Waals surface area contributed by atoms with Crippen molar-refractivity contribution in [2.75, 3.05) is 19.6 Å². The first kappa shape index (κ1) is 16.9. The minimum Gasteiger partial charge on any atom is -0.333 e. The van der Waals surface area contributed by atoms with E-state index in [0.29, 0.717) is 24.1 Å². The van der Waals surface area contributed by atoms with Crippen LogP contribution in [0.25, 0.3) is 0 Å². The van der Waals surface area contributed by atoms with Gasteiger partial charge in [0.2, 0.25) is 0 Å². The van der Waals surface area contributed by atoms with Gasteiger partial charge in [0.25, 0.3) is 5.91 Å². The van der Waals surface area contributed by atoms with E-state index in [-0.39, 0.29) is 23.7 Å². The van der Waals surface area contributed by atoms with Gasteiger partial charge in [-0.15, -0.1) is 0 Å². The lowest BCUT2D eigenvalue weighted by Gasteiger charge is -2.51. The molecule has 0 unspecified atom stereocenters. The van der Waals surface area contributed by atoms with Crippen LogP contribution in [0.4, 0.5) is 4.39 Å². The summed E-state index contributed by atoms with van der Waals surface area (Å²) in [5, 5.41) is 4.36. The average Bonchev–Trinajstić information content (AvgIpc) is 3.24. The Hall–Kier alpha value is -2.21. The molecule has 1 aromatic carbocycles. The van der Waals surface area contributed by atoms with E-state index in [4.69, 9.17) is 0 Å². The number of fused-ring (bicyclic) bond motifs is 2. The summed E-state index contributed by atoms with van der Waals surface area (Å²) in [7, 11) is 1.85. The zero-order valence-corrected chi connectivity index (χ0v) is 15.8. The normalized spacial score (nSPS) is 32.0. The van der Waals surface area contributed by atoms with Crippen molar-refractivity contribution < 1.29 is 9.18 Å². The summed E-state index contributed by atoms with van der Waals surface area (Å²) in [6.07, 6.45) is 4.15. The topological polar surface area (TPSA) is 41.4 Å². The lowest BCUT2D eigenvalue weighted by atomic mass is 9.75. The van der Waals surface area contributed by atoms with Crippen molar-refractivity contribution in [2.45, 2.75) is 37.8 Å². The summed E-state index contributed by atoms with van der Waals surface area (Å²) in [5.74, 6) is 0.678. The van der Waals surface area contributed by atoms with E-state index in [1.165, 1.54) is 12.1 Å². The van der Waals surface area contributed by atoms with Crippen LogP contribution in [0.15, 0.2) is 30.5 Å². The quantitative estimate of drug-likeness (QED) is 0.818. The Morgan fingerprint density at radius 1 is 1.15 bits per heavy atom. The van der Waals surface area contributed by atoms with Gasteiger partial charge in [0.1, 0.15) is 5.82 Å². The standard InChI is InChI=1S/C21H25FN4O/c1-13-17(11-24(2)23-13)21(27)26-12-18(14-3-5-16(22)6-4-14)20-19(26)15-7-9-25(20)10-8-15/h3-6,11,15,18-20H,7-10,12H2,1-2H3/t18-,19+,20+/m0/s1. The number of carbonyl (C=O) groups is 1. The number of rotatable bonds is 2. The second kappa shape index (κ2) is 6.16. The van der Waals surface area contributed by atoms with Gasteiger partial charge in [-0.1, -0.05) is 12.1 Å². The fourth-order valence-corrected chi connectivity index (χ4v) is 5.62. The van der Waals surface area contributed by atoms with Crippen LogP contribution < -0.4 is 0 Å². The lowest BCUT2D eigenvalue weighted by molar-refractivity contribution is -0.00343. The summed E-state index contributed by atoms with van der Waals surface area (Å²) in [6, 6.07) is 7.44. The van der Waals surface area contributed by atoms with Crippen LogP contribution in [0.3, 0.4) is 0 Å². The molecule has 0 N–H and O–H groups in total. The van der Waals surface area contributed by atoms with Crippen molar-refractivity contribution >= 4 is 5.91 Å². The highest BCUT2D eigenvalue weighted by molar-refractivity contribution is 5.95. The molecule has 4 saturated heterocycles. The smallest absolute Gasteiger partial charge is 0.257 e. The number of benzene rings is 1. The van der Waals surface area contributed by atoms with Crippen molar-refractivity contribution in [1.82, 2.24) is 19.6 Å². The Kier molecular flexibility index (Phi) is 3.86. The molecule has 4 fully saturated rings. The lowest BCUT2D eigenvalue weighted by Crippen LogP contribution is -2.60. The molecule has 27 heavy (non-hydrogen) atoms. The van der Waals surface area contributed by atoms with E-state index < -0.39 is 0 Å². The molecule has 2 aromatic rings. The summed E-state index contributed by atoms with van der Waals surface area (Å²) >= 11 is 0. The first-order valence-corrected chi connectivity index (χ1v) is 9.83. The fraction of sp³-hybridized carbons (Fsp3) is 0.524. The van der Waals surface area contributed by atoms with E-state index in [9.17, 15) is 9.18 Å². The Bertz CT molecular complexity index is 869. The molecule has 0 saturated carbocycles. The van der Waals surface area contributed by atoms with Gasteiger partial charge in [-0.2, -0.15) is 5.10 Å². The number of nitrogens with zero attached hydrogens (tertiary/aromatic N) is 4. The second-order valence-corrected chi connectivity index (χ2v) is 8.27. The van der Waals surface area contributed by atoms with E-state index in [1.807, 2.05) is 32.3 Å². The van der Waals surface area contributed by atoms with E-state index in [2.05, 4.69) is 14.9 Å². The van der Waals surface area contributed by atoms with Crippen LogP contribution in [0.5, 0.6) is 0 Å². The summed E-state index contributed by atoms with van der Waals surface area (Å²) in [5.41, 5.74) is 2.62. The van der Waals surface area contributed by atoms with Gasteiger partial charge in [-0.05, 0) is 56.5 Å². The number of carbonyl (C=O) groups excluding carboxylic acids is 1. The molecule has 5 nitrogen and oxygen atoms in total. The van der Waals surface area contributed by atoms with Crippen molar-refractivity contribution in [1.29, 1.82) is 0 Å². The molecular formula is C21H25FN4O. The maximum absolute atomic E-state index is 13.4. The summed E-state index contributed by atoms with van der Waals surface area (Å²) in [4.78, 5) is 18.1. The zero-order valence-electron chi connectivity index (χ0n) is 15.8. The fourth-order valence-electron chi connectivity index (χ4n) is 5.62. The summed E-state index contributed by atoms with van der Waals surface area (Å²) < 4.78 is 15.2. The Balaban J connectivity index is 1.53. The number of halogens is 1. The number of hydrogen-bond acceptors (Lipinski definition) is 3. The van der Waals surface area contributed by atoms with Gasteiger partial charge in [-0.3, -0.25) is 14.4 Å². The predicted octanol–water partition coefficient (Wildman–Crippen LogP) is 2.57. The third-order valence-corrected chi connectivity index (χ3v) is 6.80. The Morgan fingerprint density at radius 2 is 1.85 bits per heavy atom. The molecule has 4 aliphatic rings. The molecule has 4 aliphatic heterocycles.